The van der Waals surface area contributed by atoms with E-state index in [2.05, 4.69) is 4.98 Å². The van der Waals surface area contributed by atoms with Crippen molar-refractivity contribution in [3.63, 3.8) is 0 Å². The molecule has 82 valence electrons. The Bertz CT molecular complexity index is 339. The van der Waals surface area contributed by atoms with Crippen molar-refractivity contribution < 1.29 is 9.53 Å². The Morgan fingerprint density at radius 1 is 1.60 bits per heavy atom. The third-order valence-corrected chi connectivity index (χ3v) is 1.74. The third-order valence-electron chi connectivity index (χ3n) is 1.74. The second-order valence-corrected chi connectivity index (χ2v) is 3.21. The van der Waals surface area contributed by atoms with Gasteiger partial charge in [-0.3, -0.25) is 9.78 Å². The van der Waals surface area contributed by atoms with Crippen LogP contribution >= 0.6 is 0 Å². The molecule has 0 unspecified atom stereocenters. The lowest BCUT2D eigenvalue weighted by Gasteiger charge is -2.10. The molecule has 0 radical (unpaired) electrons. The number of ether oxygens (including phenoxy) is 1. The summed E-state index contributed by atoms with van der Waals surface area (Å²) in [7, 11) is 3.36. The second-order valence-electron chi connectivity index (χ2n) is 3.21. The molecule has 0 fully saturated rings. The number of hydrogen-bond acceptors (Lipinski definition) is 4. The van der Waals surface area contributed by atoms with Crippen LogP contribution in [0.25, 0.3) is 0 Å². The molecule has 0 spiro atoms. The standard InChI is InChI=1S/C10H15N3O2/c1-13(2)10(14)9-7-8(3-5-12-9)15-6-4-11/h3,5,7H,4,6,11H2,1-2H3. The zero-order valence-corrected chi connectivity index (χ0v) is 8.93. The van der Waals surface area contributed by atoms with Gasteiger partial charge in [-0.1, -0.05) is 0 Å². The van der Waals surface area contributed by atoms with Crippen LogP contribution in [0.15, 0.2) is 18.3 Å². The lowest BCUT2D eigenvalue weighted by atomic mass is 10.3. The summed E-state index contributed by atoms with van der Waals surface area (Å²) in [4.78, 5) is 17.0. The number of nitrogens with two attached hydrogens (primary N) is 1. The van der Waals surface area contributed by atoms with Crippen molar-refractivity contribution in [1.82, 2.24) is 9.88 Å². The summed E-state index contributed by atoms with van der Waals surface area (Å²) < 4.78 is 5.29. The Kier molecular flexibility index (Phi) is 4.05. The summed E-state index contributed by atoms with van der Waals surface area (Å²) in [5, 5.41) is 0. The van der Waals surface area contributed by atoms with E-state index in [4.69, 9.17) is 10.5 Å². The molecule has 1 aromatic rings. The van der Waals surface area contributed by atoms with E-state index >= 15 is 0 Å². The number of pyridine rings is 1. The zero-order valence-electron chi connectivity index (χ0n) is 8.93. The van der Waals surface area contributed by atoms with Gasteiger partial charge in [0.2, 0.25) is 0 Å². The topological polar surface area (TPSA) is 68.5 Å². The number of aromatic nitrogens is 1. The highest BCUT2D eigenvalue weighted by Crippen LogP contribution is 2.11. The van der Waals surface area contributed by atoms with E-state index in [1.807, 2.05) is 0 Å². The van der Waals surface area contributed by atoms with E-state index in [1.54, 1.807) is 32.4 Å². The van der Waals surface area contributed by atoms with Gasteiger partial charge in [0.05, 0.1) is 0 Å². The van der Waals surface area contributed by atoms with E-state index in [0.717, 1.165) is 0 Å². The van der Waals surface area contributed by atoms with Crippen molar-refractivity contribution in [2.75, 3.05) is 27.2 Å². The molecule has 5 nitrogen and oxygen atoms in total. The highest BCUT2D eigenvalue weighted by Gasteiger charge is 2.09. The second kappa shape index (κ2) is 5.31. The number of carbonyl (C=O) groups is 1. The van der Waals surface area contributed by atoms with Crippen LogP contribution in [0.3, 0.4) is 0 Å². The van der Waals surface area contributed by atoms with Gasteiger partial charge >= 0.3 is 0 Å². The highest BCUT2D eigenvalue weighted by atomic mass is 16.5. The van der Waals surface area contributed by atoms with Crippen LogP contribution in [0, 0.1) is 0 Å². The number of amides is 1. The van der Waals surface area contributed by atoms with E-state index in [1.165, 1.54) is 4.90 Å². The average molecular weight is 209 g/mol. The summed E-state index contributed by atoms with van der Waals surface area (Å²) in [6, 6.07) is 3.31. The van der Waals surface area contributed by atoms with Gasteiger partial charge in [-0.2, -0.15) is 0 Å². The quantitative estimate of drug-likeness (QED) is 0.764. The lowest BCUT2D eigenvalue weighted by Crippen LogP contribution is -2.22. The van der Waals surface area contributed by atoms with E-state index in [-0.39, 0.29) is 5.91 Å². The van der Waals surface area contributed by atoms with Gasteiger partial charge in [0.15, 0.2) is 0 Å². The predicted octanol–water partition coefficient (Wildman–Crippen LogP) is 0.121. The number of nitrogens with zero attached hydrogens (tertiary/aromatic N) is 2. The first kappa shape index (κ1) is 11.5. The predicted molar refractivity (Wildman–Crippen MR) is 56.8 cm³/mol. The van der Waals surface area contributed by atoms with E-state index < -0.39 is 0 Å². The van der Waals surface area contributed by atoms with Gasteiger partial charge in [-0.25, -0.2) is 0 Å². The monoisotopic (exact) mass is 209 g/mol. The fourth-order valence-electron chi connectivity index (χ4n) is 1.02. The first-order chi connectivity index (χ1) is 7.15. The van der Waals surface area contributed by atoms with Crippen LogP contribution in [-0.4, -0.2) is 43.0 Å². The minimum atomic E-state index is -0.145. The van der Waals surface area contributed by atoms with Crippen LogP contribution in [0.5, 0.6) is 5.75 Å². The van der Waals surface area contributed by atoms with Crippen molar-refractivity contribution in [3.05, 3.63) is 24.0 Å². The van der Waals surface area contributed by atoms with Gasteiger partial charge in [0.25, 0.3) is 5.91 Å². The fraction of sp³-hybridized carbons (Fsp3) is 0.400. The average Bonchev–Trinajstić information content (AvgIpc) is 2.25. The lowest BCUT2D eigenvalue weighted by molar-refractivity contribution is 0.0821. The summed E-state index contributed by atoms with van der Waals surface area (Å²) >= 11 is 0. The van der Waals surface area contributed by atoms with Crippen molar-refractivity contribution >= 4 is 5.91 Å². The number of hydrogen-bond donors (Lipinski definition) is 1. The molecule has 0 atom stereocenters. The van der Waals surface area contributed by atoms with Crippen LogP contribution in [0.1, 0.15) is 10.5 Å². The normalized spacial score (nSPS) is 9.80. The fourth-order valence-corrected chi connectivity index (χ4v) is 1.02. The molecule has 1 aromatic heterocycles. The molecular formula is C10H15N3O2. The molecule has 0 saturated heterocycles. The van der Waals surface area contributed by atoms with Crippen LogP contribution in [0.2, 0.25) is 0 Å². The number of carbonyl (C=O) groups excluding carboxylic acids is 1. The smallest absolute Gasteiger partial charge is 0.272 e. The molecule has 0 bridgehead atoms. The van der Waals surface area contributed by atoms with Gasteiger partial charge in [0, 0.05) is 32.9 Å². The molecular weight excluding hydrogens is 194 g/mol. The maximum Gasteiger partial charge on any atom is 0.272 e. The van der Waals surface area contributed by atoms with Crippen LogP contribution in [0.4, 0.5) is 0 Å². The van der Waals surface area contributed by atoms with Crippen molar-refractivity contribution in [2.24, 2.45) is 5.73 Å². The third kappa shape index (κ3) is 3.21. The summed E-state index contributed by atoms with van der Waals surface area (Å²) in [5.41, 5.74) is 5.68. The molecule has 0 aliphatic rings. The Hall–Kier alpha value is -1.62. The van der Waals surface area contributed by atoms with E-state index in [9.17, 15) is 4.79 Å². The maximum atomic E-state index is 11.6. The van der Waals surface area contributed by atoms with Gasteiger partial charge in [-0.15, -0.1) is 0 Å². The molecule has 0 aromatic carbocycles. The van der Waals surface area contributed by atoms with Gasteiger partial charge in [-0.05, 0) is 6.07 Å². The van der Waals surface area contributed by atoms with Gasteiger partial charge in [0.1, 0.15) is 18.1 Å². The molecule has 0 saturated carbocycles. The zero-order chi connectivity index (χ0) is 11.3. The molecule has 2 N–H and O–H groups in total. The number of rotatable bonds is 4. The summed E-state index contributed by atoms with van der Waals surface area (Å²) in [6.45, 7) is 0.874. The minimum absolute atomic E-state index is 0.145. The Labute approximate surface area is 88.9 Å². The SMILES string of the molecule is CN(C)C(=O)c1cc(OCCN)ccn1. The van der Waals surface area contributed by atoms with Crippen LogP contribution in [-0.2, 0) is 0 Å². The first-order valence-corrected chi connectivity index (χ1v) is 4.65. The molecule has 0 aliphatic carbocycles. The molecule has 1 heterocycles. The highest BCUT2D eigenvalue weighted by molar-refractivity contribution is 5.92. The summed E-state index contributed by atoms with van der Waals surface area (Å²) in [6.07, 6.45) is 1.54. The first-order valence-electron chi connectivity index (χ1n) is 4.65. The maximum absolute atomic E-state index is 11.6. The van der Waals surface area contributed by atoms with E-state index in [0.29, 0.717) is 24.6 Å². The Morgan fingerprint density at radius 3 is 2.93 bits per heavy atom. The Morgan fingerprint density at radius 2 is 2.33 bits per heavy atom. The molecule has 1 amide bonds. The molecule has 0 aliphatic heterocycles. The summed E-state index contributed by atoms with van der Waals surface area (Å²) in [5.74, 6) is 0.467. The largest absolute Gasteiger partial charge is 0.492 e. The Balaban J connectivity index is 2.78. The molecule has 1 rings (SSSR count). The van der Waals surface area contributed by atoms with Crippen molar-refractivity contribution in [3.8, 4) is 5.75 Å². The van der Waals surface area contributed by atoms with Crippen molar-refractivity contribution in [2.45, 2.75) is 0 Å². The van der Waals surface area contributed by atoms with Crippen LogP contribution < -0.4 is 10.5 Å². The molecule has 5 heteroatoms. The minimum Gasteiger partial charge on any atom is -0.492 e. The van der Waals surface area contributed by atoms with Gasteiger partial charge < -0.3 is 15.4 Å². The molecule has 15 heavy (non-hydrogen) atoms. The van der Waals surface area contributed by atoms with Crippen molar-refractivity contribution in [1.29, 1.82) is 0 Å².